The number of ether oxygens (including phenoxy) is 3. The molecule has 5 unspecified atom stereocenters. The van der Waals surface area contributed by atoms with Crippen molar-refractivity contribution in [3.05, 3.63) is 12.8 Å². The maximum atomic E-state index is 6.31. The van der Waals surface area contributed by atoms with Crippen molar-refractivity contribution in [3.8, 4) is 0 Å². The first kappa shape index (κ1) is 20.8. The van der Waals surface area contributed by atoms with Crippen LogP contribution in [0.3, 0.4) is 0 Å². The quantitative estimate of drug-likeness (QED) is 0.325. The van der Waals surface area contributed by atoms with Gasteiger partial charge in [-0.3, -0.25) is 6.58 Å². The standard InChI is InChI=1S/C16H26NO3.Ru.W/c1-4-17-14-11(2)12(3)19-15(14)13-10-18-16(20-13)8-6-5-7-9-16;;/h11-15,17H,1,5-10H2,2-3H3;;/q-1;;. The Bertz CT molecular complexity index is 365. The SMILES string of the molecule is C=[C-]NC1C(C)C(C)OC1C1COC2(CCCCC2)O1.[Ru].[W]. The normalized spacial score (nSPS) is 39.8. The molecule has 0 aromatic rings. The van der Waals surface area contributed by atoms with Crippen LogP contribution in [0.15, 0.2) is 6.58 Å². The number of nitrogens with one attached hydrogen (secondary N) is 1. The Balaban J connectivity index is 0.00000121. The molecule has 5 atom stereocenters. The molecule has 3 aliphatic rings. The molecule has 4 nitrogen and oxygen atoms in total. The van der Waals surface area contributed by atoms with Crippen LogP contribution in [0, 0.1) is 12.1 Å². The molecule has 1 aliphatic carbocycles. The van der Waals surface area contributed by atoms with Crippen molar-refractivity contribution in [2.24, 2.45) is 5.92 Å². The summed E-state index contributed by atoms with van der Waals surface area (Å²) < 4.78 is 18.5. The molecule has 2 aliphatic heterocycles. The summed E-state index contributed by atoms with van der Waals surface area (Å²) in [6.07, 6.45) is 8.81. The van der Waals surface area contributed by atoms with Crippen LogP contribution in [0.1, 0.15) is 46.0 Å². The third-order valence-corrected chi connectivity index (χ3v) is 5.16. The topological polar surface area (TPSA) is 39.7 Å². The van der Waals surface area contributed by atoms with Crippen LogP contribution >= 0.6 is 0 Å². The van der Waals surface area contributed by atoms with Gasteiger partial charge in [-0.15, -0.1) is 0 Å². The van der Waals surface area contributed by atoms with E-state index in [1.165, 1.54) is 19.3 Å². The number of rotatable bonds is 3. The Kier molecular flexibility index (Phi) is 8.23. The summed E-state index contributed by atoms with van der Waals surface area (Å²) in [5, 5.41) is 3.22. The maximum Gasteiger partial charge on any atom is 0.169 e. The van der Waals surface area contributed by atoms with Crippen LogP contribution in [0.25, 0.3) is 0 Å². The Morgan fingerprint density at radius 2 is 1.86 bits per heavy atom. The Labute approximate surface area is 161 Å². The minimum atomic E-state index is -0.330. The number of hydrogen-bond acceptors (Lipinski definition) is 4. The zero-order valence-corrected chi connectivity index (χ0v) is 18.0. The molecule has 0 aromatic heterocycles. The molecule has 6 heteroatoms. The van der Waals surface area contributed by atoms with E-state index >= 15 is 0 Å². The van der Waals surface area contributed by atoms with Crippen LogP contribution in [-0.2, 0) is 54.8 Å². The summed E-state index contributed by atoms with van der Waals surface area (Å²) in [6.45, 7) is 8.62. The van der Waals surface area contributed by atoms with E-state index in [1.807, 2.05) is 0 Å². The molecule has 128 valence electrons. The second-order valence-electron chi connectivity index (χ2n) is 6.45. The molecule has 0 amide bonds. The summed E-state index contributed by atoms with van der Waals surface area (Å²) in [5.41, 5.74) is 0. The van der Waals surface area contributed by atoms with Crippen molar-refractivity contribution < 1.29 is 54.8 Å². The molecule has 0 bridgehead atoms. The van der Waals surface area contributed by atoms with Gasteiger partial charge in [0.05, 0.1) is 12.7 Å². The van der Waals surface area contributed by atoms with Gasteiger partial charge in [0.25, 0.3) is 0 Å². The largest absolute Gasteiger partial charge is 0.563 e. The molecule has 1 spiro atoms. The van der Waals surface area contributed by atoms with E-state index in [2.05, 4.69) is 31.9 Å². The first-order valence-corrected chi connectivity index (χ1v) is 7.90. The van der Waals surface area contributed by atoms with E-state index in [9.17, 15) is 0 Å². The van der Waals surface area contributed by atoms with E-state index in [4.69, 9.17) is 14.2 Å². The summed E-state index contributed by atoms with van der Waals surface area (Å²) >= 11 is 0. The second-order valence-corrected chi connectivity index (χ2v) is 6.45. The molecular weight excluding hydrogens is 539 g/mol. The Morgan fingerprint density at radius 3 is 2.50 bits per heavy atom. The summed E-state index contributed by atoms with van der Waals surface area (Å²) in [7, 11) is 0. The molecule has 1 N–H and O–H groups in total. The van der Waals surface area contributed by atoms with Gasteiger partial charge >= 0.3 is 0 Å². The average Bonchev–Trinajstić information content (AvgIpc) is 2.97. The van der Waals surface area contributed by atoms with Crippen LogP contribution < -0.4 is 5.32 Å². The van der Waals surface area contributed by atoms with Gasteiger partial charge in [0.15, 0.2) is 5.79 Å². The molecule has 22 heavy (non-hydrogen) atoms. The van der Waals surface area contributed by atoms with Gasteiger partial charge in [-0.25, -0.2) is 0 Å². The van der Waals surface area contributed by atoms with Crippen LogP contribution in [0.5, 0.6) is 0 Å². The summed E-state index contributed by atoms with van der Waals surface area (Å²) in [5.74, 6) is 0.0878. The third-order valence-electron chi connectivity index (χ3n) is 5.16. The predicted molar refractivity (Wildman–Crippen MR) is 75.9 cm³/mol. The zero-order chi connectivity index (χ0) is 14.2. The molecule has 2 heterocycles. The first-order valence-electron chi connectivity index (χ1n) is 7.90. The van der Waals surface area contributed by atoms with E-state index in [0.717, 1.165) is 12.8 Å². The van der Waals surface area contributed by atoms with Crippen molar-refractivity contribution in [1.29, 1.82) is 0 Å². The van der Waals surface area contributed by atoms with Gasteiger partial charge in [0.2, 0.25) is 0 Å². The zero-order valence-electron chi connectivity index (χ0n) is 13.3. The van der Waals surface area contributed by atoms with Gasteiger partial charge in [0, 0.05) is 65.3 Å². The minimum absolute atomic E-state index is 0. The second kappa shape index (κ2) is 8.72. The third kappa shape index (κ3) is 4.03. The van der Waals surface area contributed by atoms with Crippen molar-refractivity contribution in [2.75, 3.05) is 6.61 Å². The molecule has 0 aromatic carbocycles. The van der Waals surface area contributed by atoms with Gasteiger partial charge in [-0.1, -0.05) is 13.3 Å². The van der Waals surface area contributed by atoms with E-state index in [0.29, 0.717) is 12.5 Å². The van der Waals surface area contributed by atoms with E-state index in [-0.39, 0.29) is 70.7 Å². The van der Waals surface area contributed by atoms with Gasteiger partial charge in [-0.05, 0) is 19.8 Å². The van der Waals surface area contributed by atoms with Gasteiger partial charge in [-0.2, -0.15) is 0 Å². The minimum Gasteiger partial charge on any atom is -0.563 e. The van der Waals surface area contributed by atoms with Crippen LogP contribution in [0.4, 0.5) is 0 Å². The smallest absolute Gasteiger partial charge is 0.169 e. The van der Waals surface area contributed by atoms with Crippen molar-refractivity contribution in [1.82, 2.24) is 5.32 Å². The monoisotopic (exact) mass is 566 g/mol. The fraction of sp³-hybridized carbons (Fsp3) is 0.875. The molecule has 2 saturated heterocycles. The molecule has 1 saturated carbocycles. The van der Waals surface area contributed by atoms with Gasteiger partial charge < -0.3 is 25.7 Å². The Morgan fingerprint density at radius 1 is 1.18 bits per heavy atom. The van der Waals surface area contributed by atoms with E-state index < -0.39 is 0 Å². The first-order chi connectivity index (χ1) is 9.65. The van der Waals surface area contributed by atoms with Gasteiger partial charge in [0.1, 0.15) is 12.2 Å². The Hall–Kier alpha value is 0.732. The summed E-state index contributed by atoms with van der Waals surface area (Å²) in [6, 6.07) is 0.204. The number of hydrogen-bond donors (Lipinski definition) is 1. The van der Waals surface area contributed by atoms with Crippen molar-refractivity contribution in [3.63, 3.8) is 0 Å². The van der Waals surface area contributed by atoms with E-state index in [1.54, 1.807) is 0 Å². The molecule has 3 rings (SSSR count). The summed E-state index contributed by atoms with van der Waals surface area (Å²) in [4.78, 5) is 0. The molecule has 0 radical (unpaired) electrons. The van der Waals surface area contributed by atoms with Crippen molar-refractivity contribution in [2.45, 2.75) is 76.1 Å². The molecule has 3 fully saturated rings. The average molecular weight is 565 g/mol. The molecular formula is C16H26NO3RuW-. The predicted octanol–water partition coefficient (Wildman–Crippen LogP) is 2.39. The van der Waals surface area contributed by atoms with Crippen molar-refractivity contribution >= 4 is 0 Å². The fourth-order valence-corrected chi connectivity index (χ4v) is 3.79. The van der Waals surface area contributed by atoms with Crippen LogP contribution in [0.2, 0.25) is 0 Å². The van der Waals surface area contributed by atoms with Crippen LogP contribution in [-0.4, -0.2) is 36.7 Å². The maximum absolute atomic E-state index is 6.31. The fourth-order valence-electron chi connectivity index (χ4n) is 3.79.